The van der Waals surface area contributed by atoms with Crippen molar-refractivity contribution in [2.75, 3.05) is 12.3 Å². The van der Waals surface area contributed by atoms with Gasteiger partial charge in [0.05, 0.1) is 0 Å². The van der Waals surface area contributed by atoms with Gasteiger partial charge in [0.2, 0.25) is 17.3 Å². The number of aromatic nitrogens is 4. The second kappa shape index (κ2) is 3.52. The van der Waals surface area contributed by atoms with Gasteiger partial charge in [0, 0.05) is 6.61 Å². The first kappa shape index (κ1) is 10.2. The molecule has 2 aromatic rings. The van der Waals surface area contributed by atoms with Gasteiger partial charge in [0.1, 0.15) is 5.60 Å². The lowest BCUT2D eigenvalue weighted by Gasteiger charge is -2.17. The number of anilines is 1. The maximum atomic E-state index is 5.61. The number of rotatable bonds is 2. The van der Waals surface area contributed by atoms with Gasteiger partial charge in [-0.15, -0.1) is 0 Å². The number of hydrogen-bond donors (Lipinski definition) is 1. The van der Waals surface area contributed by atoms with E-state index in [0.717, 1.165) is 12.8 Å². The molecule has 1 aliphatic heterocycles. The Balaban J connectivity index is 1.96. The van der Waals surface area contributed by atoms with Gasteiger partial charge in [0.15, 0.2) is 0 Å². The Morgan fingerprint density at radius 3 is 2.82 bits per heavy atom. The molecule has 8 heteroatoms. The van der Waals surface area contributed by atoms with Gasteiger partial charge in [0.25, 0.3) is 5.89 Å². The summed E-state index contributed by atoms with van der Waals surface area (Å²) in [6.07, 6.45) is 1.84. The highest BCUT2D eigenvalue weighted by Crippen LogP contribution is 2.34. The Morgan fingerprint density at radius 1 is 1.29 bits per heavy atom. The van der Waals surface area contributed by atoms with Crippen LogP contribution in [0.15, 0.2) is 9.15 Å². The number of hydrogen-bond acceptors (Lipinski definition) is 8. The minimum Gasteiger partial charge on any atom is -0.379 e. The molecule has 17 heavy (non-hydrogen) atoms. The van der Waals surface area contributed by atoms with Crippen LogP contribution in [0.5, 0.6) is 0 Å². The van der Waals surface area contributed by atoms with Crippen LogP contribution in [0.3, 0.4) is 0 Å². The third-order valence-corrected chi connectivity index (χ3v) is 2.83. The van der Waals surface area contributed by atoms with Gasteiger partial charge >= 0.3 is 0 Å². The smallest absolute Gasteiger partial charge is 0.284 e. The second-order valence-electron chi connectivity index (χ2n) is 4.10. The second-order valence-corrected chi connectivity index (χ2v) is 4.10. The molecule has 0 saturated carbocycles. The van der Waals surface area contributed by atoms with Crippen LogP contribution < -0.4 is 5.73 Å². The molecule has 1 unspecified atom stereocenters. The fourth-order valence-corrected chi connectivity index (χ4v) is 1.83. The van der Waals surface area contributed by atoms with Crippen molar-refractivity contribution < 1.29 is 13.9 Å². The SMILES string of the molecule is CC1(c2noc(-c3nonc3N)n2)CCCO1. The number of ether oxygens (including phenoxy) is 1. The summed E-state index contributed by atoms with van der Waals surface area (Å²) in [4.78, 5) is 4.22. The Morgan fingerprint density at radius 2 is 2.18 bits per heavy atom. The molecule has 2 N–H and O–H groups in total. The van der Waals surface area contributed by atoms with Gasteiger partial charge in [-0.3, -0.25) is 0 Å². The average Bonchev–Trinajstić information content (AvgIpc) is 2.97. The summed E-state index contributed by atoms with van der Waals surface area (Å²) in [6.45, 7) is 2.63. The molecule has 0 aromatic carbocycles. The molecule has 1 aliphatic rings. The third-order valence-electron chi connectivity index (χ3n) is 2.83. The van der Waals surface area contributed by atoms with Gasteiger partial charge < -0.3 is 15.0 Å². The molecule has 0 bridgehead atoms. The molecule has 0 amide bonds. The van der Waals surface area contributed by atoms with Crippen LogP contribution in [0.2, 0.25) is 0 Å². The van der Waals surface area contributed by atoms with E-state index in [1.54, 1.807) is 0 Å². The summed E-state index contributed by atoms with van der Waals surface area (Å²) in [5.74, 6) is 0.806. The Labute approximate surface area is 96.1 Å². The molecule has 90 valence electrons. The van der Waals surface area contributed by atoms with E-state index in [4.69, 9.17) is 15.0 Å². The van der Waals surface area contributed by atoms with Gasteiger partial charge in [-0.25, -0.2) is 4.63 Å². The summed E-state index contributed by atoms with van der Waals surface area (Å²) in [5.41, 5.74) is 5.30. The topological polar surface area (TPSA) is 113 Å². The lowest BCUT2D eigenvalue weighted by Crippen LogP contribution is -2.21. The van der Waals surface area contributed by atoms with E-state index >= 15 is 0 Å². The van der Waals surface area contributed by atoms with Crippen LogP contribution in [0.1, 0.15) is 25.6 Å². The average molecular weight is 237 g/mol. The zero-order chi connectivity index (χ0) is 11.9. The predicted molar refractivity (Wildman–Crippen MR) is 54.5 cm³/mol. The van der Waals surface area contributed by atoms with Crippen LogP contribution in [0, 0.1) is 0 Å². The zero-order valence-electron chi connectivity index (χ0n) is 9.21. The minimum atomic E-state index is -0.492. The maximum Gasteiger partial charge on any atom is 0.284 e. The van der Waals surface area contributed by atoms with E-state index in [-0.39, 0.29) is 17.4 Å². The van der Waals surface area contributed by atoms with Crippen LogP contribution in [-0.2, 0) is 10.3 Å². The standard InChI is InChI=1S/C9H11N5O3/c1-9(3-2-4-15-9)8-11-7(16-14-8)5-6(10)13-17-12-5/h2-4H2,1H3,(H2,10,13). The van der Waals surface area contributed by atoms with E-state index in [0.29, 0.717) is 12.4 Å². The van der Waals surface area contributed by atoms with E-state index in [9.17, 15) is 0 Å². The van der Waals surface area contributed by atoms with Crippen LogP contribution >= 0.6 is 0 Å². The van der Waals surface area contributed by atoms with E-state index in [1.807, 2.05) is 6.92 Å². The van der Waals surface area contributed by atoms with Crippen LogP contribution in [-0.4, -0.2) is 27.1 Å². The summed E-state index contributed by atoms with van der Waals surface area (Å²) in [7, 11) is 0. The Kier molecular flexibility index (Phi) is 2.11. The van der Waals surface area contributed by atoms with Crippen molar-refractivity contribution >= 4 is 5.82 Å². The molecule has 0 spiro atoms. The first-order chi connectivity index (χ1) is 8.19. The highest BCUT2D eigenvalue weighted by Gasteiger charge is 2.37. The highest BCUT2D eigenvalue weighted by atomic mass is 16.6. The molecule has 3 heterocycles. The molecule has 0 aliphatic carbocycles. The van der Waals surface area contributed by atoms with Crippen molar-refractivity contribution in [3.63, 3.8) is 0 Å². The summed E-state index contributed by atoms with van der Waals surface area (Å²) in [5, 5.41) is 10.9. The fraction of sp³-hybridized carbons (Fsp3) is 0.556. The van der Waals surface area contributed by atoms with Crippen molar-refractivity contribution in [2.45, 2.75) is 25.4 Å². The lowest BCUT2D eigenvalue weighted by molar-refractivity contribution is 0.00768. The molecule has 1 saturated heterocycles. The van der Waals surface area contributed by atoms with Crippen molar-refractivity contribution in [3.05, 3.63) is 5.82 Å². The molecule has 1 fully saturated rings. The highest BCUT2D eigenvalue weighted by molar-refractivity contribution is 5.60. The normalized spacial score (nSPS) is 24.3. The monoisotopic (exact) mass is 237 g/mol. The Hall–Kier alpha value is -1.96. The first-order valence-corrected chi connectivity index (χ1v) is 5.25. The number of nitrogen functional groups attached to an aromatic ring is 1. The largest absolute Gasteiger partial charge is 0.379 e. The molecule has 2 aromatic heterocycles. The predicted octanol–water partition coefficient (Wildman–Crippen LogP) is 0.727. The molecule has 0 radical (unpaired) electrons. The summed E-state index contributed by atoms with van der Waals surface area (Å²) < 4.78 is 15.2. The van der Waals surface area contributed by atoms with Crippen molar-refractivity contribution in [3.8, 4) is 11.6 Å². The molecule has 3 rings (SSSR count). The van der Waals surface area contributed by atoms with E-state index in [1.165, 1.54) is 0 Å². The zero-order valence-corrected chi connectivity index (χ0v) is 9.21. The van der Waals surface area contributed by atoms with Gasteiger partial charge in [-0.05, 0) is 30.1 Å². The molecule has 8 nitrogen and oxygen atoms in total. The van der Waals surface area contributed by atoms with Crippen molar-refractivity contribution in [1.29, 1.82) is 0 Å². The van der Waals surface area contributed by atoms with Gasteiger partial charge in [-0.2, -0.15) is 4.98 Å². The van der Waals surface area contributed by atoms with Gasteiger partial charge in [-0.1, -0.05) is 5.16 Å². The molecule has 1 atom stereocenters. The minimum absolute atomic E-state index is 0.123. The first-order valence-electron chi connectivity index (χ1n) is 5.25. The van der Waals surface area contributed by atoms with Crippen LogP contribution in [0.25, 0.3) is 11.6 Å². The number of nitrogens with two attached hydrogens (primary N) is 1. The van der Waals surface area contributed by atoms with Crippen molar-refractivity contribution in [2.24, 2.45) is 0 Å². The lowest BCUT2D eigenvalue weighted by atomic mass is 10.0. The van der Waals surface area contributed by atoms with E-state index in [2.05, 4.69) is 25.1 Å². The quantitative estimate of drug-likeness (QED) is 0.812. The van der Waals surface area contributed by atoms with Crippen molar-refractivity contribution in [1.82, 2.24) is 20.5 Å². The summed E-state index contributed by atoms with van der Waals surface area (Å²) in [6, 6.07) is 0. The Bertz CT molecular complexity index is 528. The number of nitrogens with zero attached hydrogens (tertiary/aromatic N) is 4. The molecular weight excluding hydrogens is 226 g/mol. The van der Waals surface area contributed by atoms with E-state index < -0.39 is 5.60 Å². The third kappa shape index (κ3) is 1.57. The molecular formula is C9H11N5O3. The fourth-order valence-electron chi connectivity index (χ4n) is 1.83. The summed E-state index contributed by atoms with van der Waals surface area (Å²) >= 11 is 0. The van der Waals surface area contributed by atoms with Crippen LogP contribution in [0.4, 0.5) is 5.82 Å². The maximum absolute atomic E-state index is 5.61.